The van der Waals surface area contributed by atoms with E-state index in [1.807, 2.05) is 6.07 Å². The molecule has 21 heavy (non-hydrogen) atoms. The van der Waals surface area contributed by atoms with Crippen molar-refractivity contribution in [3.05, 3.63) is 35.1 Å². The number of nitriles is 1. The second-order valence-corrected chi connectivity index (χ2v) is 5.45. The van der Waals surface area contributed by atoms with Gasteiger partial charge in [0.25, 0.3) is 0 Å². The van der Waals surface area contributed by atoms with Gasteiger partial charge in [0, 0.05) is 32.8 Å². The van der Waals surface area contributed by atoms with Gasteiger partial charge < -0.3 is 10.1 Å². The maximum absolute atomic E-state index is 13.4. The number of nitrogens with zero attached hydrogens (tertiary/aromatic N) is 2. The Labute approximate surface area is 125 Å². The Bertz CT molecular complexity index is 495. The van der Waals surface area contributed by atoms with Crippen LogP contribution < -0.4 is 5.32 Å². The average Bonchev–Trinajstić information content (AvgIpc) is 2.99. The van der Waals surface area contributed by atoms with Crippen LogP contribution in [-0.4, -0.2) is 44.3 Å². The van der Waals surface area contributed by atoms with Gasteiger partial charge in [-0.2, -0.15) is 5.26 Å². The predicted molar refractivity (Wildman–Crippen MR) is 79.3 cm³/mol. The van der Waals surface area contributed by atoms with Gasteiger partial charge in [0.05, 0.1) is 12.2 Å². The fraction of sp³-hybridized carbons (Fsp3) is 0.562. The van der Waals surface area contributed by atoms with Crippen LogP contribution >= 0.6 is 0 Å². The third-order valence-electron chi connectivity index (χ3n) is 3.81. The zero-order chi connectivity index (χ0) is 15.1. The van der Waals surface area contributed by atoms with Crippen molar-refractivity contribution in [3.8, 4) is 6.07 Å². The molecule has 1 aliphatic rings. The van der Waals surface area contributed by atoms with Crippen molar-refractivity contribution in [2.45, 2.75) is 25.4 Å². The van der Waals surface area contributed by atoms with Crippen molar-refractivity contribution < 1.29 is 9.13 Å². The molecule has 5 heteroatoms. The number of halogens is 1. The van der Waals surface area contributed by atoms with Crippen LogP contribution in [0.5, 0.6) is 0 Å². The van der Waals surface area contributed by atoms with Crippen LogP contribution in [0.1, 0.15) is 24.0 Å². The Hall–Kier alpha value is -1.48. The summed E-state index contributed by atoms with van der Waals surface area (Å²) in [7, 11) is 1.69. The maximum atomic E-state index is 13.4. The van der Waals surface area contributed by atoms with Crippen molar-refractivity contribution in [1.29, 1.82) is 5.26 Å². The first-order chi connectivity index (χ1) is 10.2. The molecule has 1 aromatic carbocycles. The molecule has 1 N–H and O–H groups in total. The molecule has 1 atom stereocenters. The quantitative estimate of drug-likeness (QED) is 0.833. The lowest BCUT2D eigenvalue weighted by Crippen LogP contribution is -2.38. The number of nitrogens with one attached hydrogen (secondary N) is 1. The Morgan fingerprint density at radius 1 is 1.52 bits per heavy atom. The largest absolute Gasteiger partial charge is 0.383 e. The lowest BCUT2D eigenvalue weighted by atomic mass is 10.1. The minimum absolute atomic E-state index is 0.109. The van der Waals surface area contributed by atoms with Gasteiger partial charge in [0.1, 0.15) is 11.9 Å². The highest BCUT2D eigenvalue weighted by Crippen LogP contribution is 2.14. The van der Waals surface area contributed by atoms with Crippen LogP contribution in [-0.2, 0) is 11.3 Å². The normalized spacial score (nSPS) is 18.1. The summed E-state index contributed by atoms with van der Waals surface area (Å²) in [5.74, 6) is -0.456. The summed E-state index contributed by atoms with van der Waals surface area (Å²) in [5, 5.41) is 12.4. The van der Waals surface area contributed by atoms with Crippen molar-refractivity contribution in [2.24, 2.45) is 0 Å². The van der Waals surface area contributed by atoms with E-state index in [4.69, 9.17) is 10.00 Å². The van der Waals surface area contributed by atoms with E-state index in [0.29, 0.717) is 19.2 Å². The number of benzene rings is 1. The molecule has 1 heterocycles. The van der Waals surface area contributed by atoms with Gasteiger partial charge >= 0.3 is 0 Å². The van der Waals surface area contributed by atoms with E-state index in [2.05, 4.69) is 10.2 Å². The molecule has 0 bridgehead atoms. The summed E-state index contributed by atoms with van der Waals surface area (Å²) >= 11 is 0. The molecule has 0 spiro atoms. The highest BCUT2D eigenvalue weighted by atomic mass is 19.1. The van der Waals surface area contributed by atoms with Crippen LogP contribution in [0.25, 0.3) is 0 Å². The van der Waals surface area contributed by atoms with E-state index < -0.39 is 5.82 Å². The highest BCUT2D eigenvalue weighted by Gasteiger charge is 2.18. The molecule has 1 aromatic rings. The van der Waals surface area contributed by atoms with Gasteiger partial charge in [-0.3, -0.25) is 4.90 Å². The Balaban J connectivity index is 2.01. The SMILES string of the molecule is COCCN(Cc1ccc(F)c(C#N)c1)CC1CCCN1. The van der Waals surface area contributed by atoms with E-state index in [1.54, 1.807) is 19.2 Å². The molecular formula is C16H22FN3O. The van der Waals surface area contributed by atoms with E-state index in [0.717, 1.165) is 25.2 Å². The molecule has 0 aromatic heterocycles. The van der Waals surface area contributed by atoms with Crippen molar-refractivity contribution in [2.75, 3.05) is 33.4 Å². The van der Waals surface area contributed by atoms with E-state index in [9.17, 15) is 4.39 Å². The van der Waals surface area contributed by atoms with Crippen LogP contribution in [0.4, 0.5) is 4.39 Å². The second kappa shape index (κ2) is 8.08. The summed E-state index contributed by atoms with van der Waals surface area (Å²) in [4.78, 5) is 2.29. The van der Waals surface area contributed by atoms with Gasteiger partial charge in [-0.1, -0.05) is 6.07 Å². The molecule has 114 valence electrons. The van der Waals surface area contributed by atoms with E-state index in [-0.39, 0.29) is 5.56 Å². The minimum Gasteiger partial charge on any atom is -0.383 e. The topological polar surface area (TPSA) is 48.3 Å². The number of ether oxygens (including phenoxy) is 1. The first-order valence-corrected chi connectivity index (χ1v) is 7.36. The minimum atomic E-state index is -0.456. The number of rotatable bonds is 7. The highest BCUT2D eigenvalue weighted by molar-refractivity contribution is 5.34. The maximum Gasteiger partial charge on any atom is 0.140 e. The first kappa shape index (κ1) is 15.9. The number of hydrogen-bond acceptors (Lipinski definition) is 4. The summed E-state index contributed by atoms with van der Waals surface area (Å²) in [5.41, 5.74) is 1.07. The van der Waals surface area contributed by atoms with Crippen LogP contribution in [0.15, 0.2) is 18.2 Å². The molecule has 0 radical (unpaired) electrons. The average molecular weight is 291 g/mol. The molecular weight excluding hydrogens is 269 g/mol. The van der Waals surface area contributed by atoms with Gasteiger partial charge in [-0.05, 0) is 37.1 Å². The molecule has 4 nitrogen and oxygen atoms in total. The standard InChI is InChI=1S/C16H22FN3O/c1-21-8-7-20(12-15-3-2-6-19-15)11-13-4-5-16(17)14(9-13)10-18/h4-5,9,15,19H,2-3,6-8,11-12H2,1H3. The van der Waals surface area contributed by atoms with Crippen molar-refractivity contribution >= 4 is 0 Å². The molecule has 1 unspecified atom stereocenters. The molecule has 2 rings (SSSR count). The van der Waals surface area contributed by atoms with E-state index in [1.165, 1.54) is 18.9 Å². The molecule has 1 aliphatic heterocycles. The Kier molecular flexibility index (Phi) is 6.12. The van der Waals surface area contributed by atoms with E-state index >= 15 is 0 Å². The first-order valence-electron chi connectivity index (χ1n) is 7.36. The molecule has 1 fully saturated rings. The fourth-order valence-corrected chi connectivity index (χ4v) is 2.69. The molecule has 0 saturated carbocycles. The lowest BCUT2D eigenvalue weighted by molar-refractivity contribution is 0.138. The van der Waals surface area contributed by atoms with Crippen molar-refractivity contribution in [1.82, 2.24) is 10.2 Å². The molecule has 0 aliphatic carbocycles. The van der Waals surface area contributed by atoms with Gasteiger partial charge in [0.2, 0.25) is 0 Å². The number of methoxy groups -OCH3 is 1. The van der Waals surface area contributed by atoms with Gasteiger partial charge in [0.15, 0.2) is 0 Å². The monoisotopic (exact) mass is 291 g/mol. The zero-order valence-electron chi connectivity index (χ0n) is 12.4. The lowest BCUT2D eigenvalue weighted by Gasteiger charge is -2.25. The molecule has 0 amide bonds. The smallest absolute Gasteiger partial charge is 0.140 e. The summed E-state index contributed by atoms with van der Waals surface area (Å²) in [6, 6.07) is 7.16. The Morgan fingerprint density at radius 2 is 2.38 bits per heavy atom. The second-order valence-electron chi connectivity index (χ2n) is 5.45. The van der Waals surface area contributed by atoms with Crippen LogP contribution in [0, 0.1) is 17.1 Å². The summed E-state index contributed by atoms with van der Waals surface area (Å²) < 4.78 is 18.5. The van der Waals surface area contributed by atoms with Crippen LogP contribution in [0.3, 0.4) is 0 Å². The summed E-state index contributed by atoms with van der Waals surface area (Å²) in [6.07, 6.45) is 2.41. The van der Waals surface area contributed by atoms with Gasteiger partial charge in [-0.25, -0.2) is 4.39 Å². The third kappa shape index (κ3) is 4.78. The molecule has 1 saturated heterocycles. The summed E-state index contributed by atoms with van der Waals surface area (Å²) in [6.45, 7) is 4.23. The Morgan fingerprint density at radius 3 is 3.05 bits per heavy atom. The predicted octanol–water partition coefficient (Wildman–Crippen LogP) is 1.90. The van der Waals surface area contributed by atoms with Crippen LogP contribution in [0.2, 0.25) is 0 Å². The zero-order valence-corrected chi connectivity index (χ0v) is 12.4. The van der Waals surface area contributed by atoms with Gasteiger partial charge in [-0.15, -0.1) is 0 Å². The van der Waals surface area contributed by atoms with Crippen molar-refractivity contribution in [3.63, 3.8) is 0 Å². The number of hydrogen-bond donors (Lipinski definition) is 1. The third-order valence-corrected chi connectivity index (χ3v) is 3.81. The fourth-order valence-electron chi connectivity index (χ4n) is 2.69.